The van der Waals surface area contributed by atoms with Gasteiger partial charge in [-0.05, 0) is 13.8 Å². The summed E-state index contributed by atoms with van der Waals surface area (Å²) in [5.41, 5.74) is -1.29. The van der Waals surface area contributed by atoms with Gasteiger partial charge >= 0.3 is 16.3 Å². The van der Waals surface area contributed by atoms with Crippen molar-refractivity contribution in [1.29, 1.82) is 5.26 Å². The molecule has 1 amide bonds. The number of hydrogen-bond acceptors (Lipinski definition) is 5. The van der Waals surface area contributed by atoms with E-state index in [9.17, 15) is 13.2 Å². The molecule has 0 aliphatic carbocycles. The topological polar surface area (TPSA) is 108 Å². The molecule has 0 radical (unpaired) electrons. The summed E-state index contributed by atoms with van der Waals surface area (Å²) in [7, 11) is -3.03. The van der Waals surface area contributed by atoms with Crippen molar-refractivity contribution in [1.82, 2.24) is 9.44 Å². The van der Waals surface area contributed by atoms with E-state index in [1.165, 1.54) is 13.8 Å². The van der Waals surface area contributed by atoms with Crippen LogP contribution < -0.4 is 9.44 Å². The number of nitrogens with one attached hydrogen (secondary N) is 2. The van der Waals surface area contributed by atoms with Gasteiger partial charge in [0.25, 0.3) is 0 Å². The minimum atomic E-state index is -4.06. The number of carbonyl (C=O) groups is 1. The van der Waals surface area contributed by atoms with Gasteiger partial charge in [0.05, 0.1) is 13.2 Å². The first kappa shape index (κ1) is 12.7. The van der Waals surface area contributed by atoms with Crippen LogP contribution in [0.2, 0.25) is 0 Å². The maximum atomic E-state index is 11.1. The monoisotopic (exact) mass is 221 g/mol. The second-order valence-electron chi connectivity index (χ2n) is 2.94. The molecule has 8 heteroatoms. The number of amides is 1. The highest BCUT2D eigenvalue weighted by molar-refractivity contribution is 7.88. The molecule has 0 aromatic heterocycles. The Morgan fingerprint density at radius 3 is 2.36 bits per heavy atom. The van der Waals surface area contributed by atoms with E-state index in [4.69, 9.17) is 5.26 Å². The van der Waals surface area contributed by atoms with Crippen molar-refractivity contribution in [2.45, 2.75) is 19.4 Å². The summed E-state index contributed by atoms with van der Waals surface area (Å²) in [5.74, 6) is 0. The van der Waals surface area contributed by atoms with E-state index in [-0.39, 0.29) is 0 Å². The van der Waals surface area contributed by atoms with Crippen LogP contribution in [-0.4, -0.2) is 27.2 Å². The summed E-state index contributed by atoms with van der Waals surface area (Å²) in [6.45, 7) is 2.70. The highest BCUT2D eigenvalue weighted by Gasteiger charge is 2.25. The zero-order valence-corrected chi connectivity index (χ0v) is 8.80. The smallest absolute Gasteiger partial charge is 0.421 e. The van der Waals surface area contributed by atoms with Crippen LogP contribution in [0.1, 0.15) is 13.8 Å². The van der Waals surface area contributed by atoms with E-state index in [1.54, 1.807) is 10.8 Å². The van der Waals surface area contributed by atoms with E-state index in [0.29, 0.717) is 0 Å². The predicted molar refractivity (Wildman–Crippen MR) is 47.3 cm³/mol. The summed E-state index contributed by atoms with van der Waals surface area (Å²) in [4.78, 5) is 10.6. The number of nitrogens with zero attached hydrogens (tertiary/aromatic N) is 1. The molecule has 0 heterocycles. The SMILES string of the molecule is COC(=O)NS(=O)(=O)NC(C)(C)C#N. The Labute approximate surface area is 82.2 Å². The van der Waals surface area contributed by atoms with Gasteiger partial charge in [-0.1, -0.05) is 0 Å². The molecule has 0 unspecified atom stereocenters. The van der Waals surface area contributed by atoms with Crippen molar-refractivity contribution < 1.29 is 17.9 Å². The van der Waals surface area contributed by atoms with Crippen LogP contribution in [0.5, 0.6) is 0 Å². The molecule has 14 heavy (non-hydrogen) atoms. The Morgan fingerprint density at radius 1 is 1.50 bits per heavy atom. The molecular formula is C6H11N3O4S. The van der Waals surface area contributed by atoms with E-state index in [2.05, 4.69) is 4.74 Å². The molecule has 0 atom stereocenters. The molecule has 0 saturated carbocycles. The molecule has 0 fully saturated rings. The minimum Gasteiger partial charge on any atom is -0.452 e. The molecule has 0 aliphatic heterocycles. The number of nitriles is 1. The first-order valence-corrected chi connectivity index (χ1v) is 5.01. The van der Waals surface area contributed by atoms with E-state index >= 15 is 0 Å². The maximum Gasteiger partial charge on any atom is 0.421 e. The lowest BCUT2D eigenvalue weighted by molar-refractivity contribution is 0.177. The first-order chi connectivity index (χ1) is 6.22. The van der Waals surface area contributed by atoms with Crippen molar-refractivity contribution in [2.24, 2.45) is 0 Å². The molecule has 0 bridgehead atoms. The molecule has 0 aliphatic rings. The normalized spacial score (nSPS) is 11.6. The van der Waals surface area contributed by atoms with Gasteiger partial charge in [0.2, 0.25) is 0 Å². The largest absolute Gasteiger partial charge is 0.452 e. The molecule has 0 aromatic carbocycles. The fourth-order valence-electron chi connectivity index (χ4n) is 0.536. The number of ether oxygens (including phenoxy) is 1. The third kappa shape index (κ3) is 4.64. The molecule has 0 spiro atoms. The highest BCUT2D eigenvalue weighted by atomic mass is 32.2. The van der Waals surface area contributed by atoms with Crippen LogP contribution in [0, 0.1) is 11.3 Å². The molecule has 2 N–H and O–H groups in total. The summed E-state index contributed by atoms with van der Waals surface area (Å²) >= 11 is 0. The van der Waals surface area contributed by atoms with Gasteiger partial charge in [0.1, 0.15) is 5.54 Å². The zero-order valence-electron chi connectivity index (χ0n) is 7.99. The molecule has 7 nitrogen and oxygen atoms in total. The van der Waals surface area contributed by atoms with Crippen molar-refractivity contribution in [3.05, 3.63) is 0 Å². The molecule has 0 aromatic rings. The van der Waals surface area contributed by atoms with Gasteiger partial charge < -0.3 is 4.74 Å². The molecular weight excluding hydrogens is 210 g/mol. The number of carbonyl (C=O) groups excluding carboxylic acids is 1. The number of methoxy groups -OCH3 is 1. The predicted octanol–water partition coefficient (Wildman–Crippen LogP) is -0.521. The van der Waals surface area contributed by atoms with Crippen molar-refractivity contribution in [3.63, 3.8) is 0 Å². The van der Waals surface area contributed by atoms with Crippen LogP contribution in [0.15, 0.2) is 0 Å². The van der Waals surface area contributed by atoms with Gasteiger partial charge in [-0.2, -0.15) is 18.4 Å². The highest BCUT2D eigenvalue weighted by Crippen LogP contribution is 2.00. The lowest BCUT2D eigenvalue weighted by Crippen LogP contribution is -2.49. The Bertz CT molecular complexity index is 354. The number of hydrogen-bond donors (Lipinski definition) is 2. The van der Waals surface area contributed by atoms with Gasteiger partial charge in [-0.3, -0.25) is 0 Å². The van der Waals surface area contributed by atoms with E-state index in [1.807, 2.05) is 4.72 Å². The molecule has 0 rings (SSSR count). The Kier molecular flexibility index (Phi) is 3.85. The van der Waals surface area contributed by atoms with Crippen molar-refractivity contribution in [2.75, 3.05) is 7.11 Å². The van der Waals surface area contributed by atoms with Crippen molar-refractivity contribution >= 4 is 16.3 Å². The van der Waals surface area contributed by atoms with Crippen LogP contribution in [0.3, 0.4) is 0 Å². The van der Waals surface area contributed by atoms with E-state index < -0.39 is 21.8 Å². The van der Waals surface area contributed by atoms with Crippen LogP contribution >= 0.6 is 0 Å². The van der Waals surface area contributed by atoms with Crippen LogP contribution in [-0.2, 0) is 14.9 Å². The second kappa shape index (κ2) is 4.26. The van der Waals surface area contributed by atoms with Gasteiger partial charge in [0, 0.05) is 0 Å². The third-order valence-electron chi connectivity index (χ3n) is 1.07. The standard InChI is InChI=1S/C6H11N3O4S/c1-6(2,4-7)9-14(11,12)8-5(10)13-3/h9H,1-3H3,(H,8,10). The van der Waals surface area contributed by atoms with Crippen LogP contribution in [0.4, 0.5) is 4.79 Å². The Hall–Kier alpha value is -1.33. The van der Waals surface area contributed by atoms with E-state index in [0.717, 1.165) is 7.11 Å². The summed E-state index contributed by atoms with van der Waals surface area (Å²) in [6, 6.07) is 1.71. The maximum absolute atomic E-state index is 11.1. The van der Waals surface area contributed by atoms with Gasteiger partial charge in [0.15, 0.2) is 0 Å². The summed E-state index contributed by atoms with van der Waals surface area (Å²) < 4.78 is 29.8. The third-order valence-corrected chi connectivity index (χ3v) is 2.29. The average molecular weight is 221 g/mol. The van der Waals surface area contributed by atoms with Crippen LogP contribution in [0.25, 0.3) is 0 Å². The lowest BCUT2D eigenvalue weighted by atomic mass is 10.1. The first-order valence-electron chi connectivity index (χ1n) is 3.53. The molecule has 0 saturated heterocycles. The van der Waals surface area contributed by atoms with Gasteiger partial charge in [-0.25, -0.2) is 9.52 Å². The zero-order chi connectivity index (χ0) is 11.4. The van der Waals surface area contributed by atoms with Crippen molar-refractivity contribution in [3.8, 4) is 6.07 Å². The average Bonchev–Trinajstić information content (AvgIpc) is 2.01. The Morgan fingerprint density at radius 2 is 2.00 bits per heavy atom. The number of rotatable bonds is 3. The summed E-state index contributed by atoms with van der Waals surface area (Å²) in [5, 5.41) is 8.53. The van der Waals surface area contributed by atoms with Gasteiger partial charge in [-0.15, -0.1) is 0 Å². The quantitative estimate of drug-likeness (QED) is 0.666. The fraction of sp³-hybridized carbons (Fsp3) is 0.667. The molecule has 80 valence electrons. The lowest BCUT2D eigenvalue weighted by Gasteiger charge is -2.16. The fourth-order valence-corrected chi connectivity index (χ4v) is 1.61. The summed E-state index contributed by atoms with van der Waals surface area (Å²) in [6.07, 6.45) is -1.12. The Balaban J connectivity index is 4.54. The minimum absolute atomic E-state index is 1.03. The second-order valence-corrected chi connectivity index (χ2v) is 4.35.